The Morgan fingerprint density at radius 3 is 2.70 bits per heavy atom. The first-order chi connectivity index (χ1) is 11.1. The third-order valence-electron chi connectivity index (χ3n) is 3.29. The molecule has 0 saturated heterocycles. The van der Waals surface area contributed by atoms with Crippen LogP contribution in [-0.4, -0.2) is 25.2 Å². The molecule has 0 aromatic heterocycles. The van der Waals surface area contributed by atoms with Crippen LogP contribution in [0.1, 0.15) is 10.4 Å². The van der Waals surface area contributed by atoms with Crippen molar-refractivity contribution >= 4 is 5.91 Å². The zero-order valence-corrected chi connectivity index (χ0v) is 11.9. The normalized spacial score (nSPS) is 16.0. The van der Waals surface area contributed by atoms with Crippen LogP contribution in [0.4, 0.5) is 8.78 Å². The summed E-state index contributed by atoms with van der Waals surface area (Å²) in [5, 5.41) is 0. The highest BCUT2D eigenvalue weighted by Crippen LogP contribution is 2.31. The maximum absolute atomic E-state index is 14.0. The highest BCUT2D eigenvalue weighted by molar-refractivity contribution is 5.93. The quantitative estimate of drug-likeness (QED) is 0.938. The van der Waals surface area contributed by atoms with Gasteiger partial charge in [0.15, 0.2) is 29.2 Å². The fourth-order valence-corrected chi connectivity index (χ4v) is 2.20. The predicted molar refractivity (Wildman–Crippen MR) is 76.7 cm³/mol. The second kappa shape index (κ2) is 6.12. The maximum atomic E-state index is 14.0. The van der Waals surface area contributed by atoms with Crippen molar-refractivity contribution in [1.82, 2.24) is 0 Å². The van der Waals surface area contributed by atoms with Gasteiger partial charge in [-0.15, -0.1) is 0 Å². The molecule has 0 bridgehead atoms. The summed E-state index contributed by atoms with van der Waals surface area (Å²) in [6.07, 6.45) is -0.466. The number of hydrogen-bond donors (Lipinski definition) is 1. The molecule has 3 rings (SSSR count). The van der Waals surface area contributed by atoms with Crippen molar-refractivity contribution in [2.75, 3.05) is 13.2 Å². The summed E-state index contributed by atoms with van der Waals surface area (Å²) in [5.41, 5.74) is 4.13. The smallest absolute Gasteiger partial charge is 0.254 e. The molecule has 0 saturated carbocycles. The van der Waals surface area contributed by atoms with Gasteiger partial charge in [-0.3, -0.25) is 4.79 Å². The molecule has 2 aromatic rings. The third-order valence-corrected chi connectivity index (χ3v) is 3.29. The Kier molecular flexibility index (Phi) is 4.01. The second-order valence-corrected chi connectivity index (χ2v) is 4.91. The van der Waals surface area contributed by atoms with Crippen molar-refractivity contribution in [1.29, 1.82) is 0 Å². The number of primary amides is 1. The van der Waals surface area contributed by atoms with Crippen molar-refractivity contribution in [3.8, 4) is 17.2 Å². The number of amides is 1. The molecule has 1 unspecified atom stereocenters. The molecule has 1 aliphatic heterocycles. The average molecular weight is 321 g/mol. The van der Waals surface area contributed by atoms with Gasteiger partial charge in [-0.2, -0.15) is 0 Å². The van der Waals surface area contributed by atoms with Gasteiger partial charge in [0.1, 0.15) is 24.6 Å². The molecular formula is C16H13F2NO4. The van der Waals surface area contributed by atoms with Crippen LogP contribution in [0.25, 0.3) is 0 Å². The number of rotatable bonds is 4. The van der Waals surface area contributed by atoms with E-state index in [1.807, 2.05) is 6.07 Å². The Hall–Kier alpha value is -2.83. The van der Waals surface area contributed by atoms with Crippen LogP contribution in [0.5, 0.6) is 17.2 Å². The Morgan fingerprint density at radius 1 is 1.22 bits per heavy atom. The van der Waals surface area contributed by atoms with Crippen LogP contribution in [0, 0.1) is 11.6 Å². The number of carbonyl (C=O) groups excluding carboxylic acids is 1. The van der Waals surface area contributed by atoms with Gasteiger partial charge in [0.2, 0.25) is 0 Å². The molecule has 7 heteroatoms. The molecular weight excluding hydrogens is 308 g/mol. The first-order valence-corrected chi connectivity index (χ1v) is 6.85. The molecule has 2 aromatic carbocycles. The molecule has 0 fully saturated rings. The molecule has 23 heavy (non-hydrogen) atoms. The summed E-state index contributed by atoms with van der Waals surface area (Å²) < 4.78 is 43.9. The highest BCUT2D eigenvalue weighted by atomic mass is 19.1. The number of nitrogens with two attached hydrogens (primary N) is 1. The molecule has 5 nitrogen and oxygen atoms in total. The lowest BCUT2D eigenvalue weighted by Crippen LogP contribution is -2.34. The number of fused-ring (bicyclic) bond motifs is 1. The van der Waals surface area contributed by atoms with Gasteiger partial charge in [-0.05, 0) is 24.3 Å². The Bertz CT molecular complexity index is 751. The number of para-hydroxylation sites is 2. The topological polar surface area (TPSA) is 70.8 Å². The van der Waals surface area contributed by atoms with E-state index in [1.165, 1.54) is 0 Å². The molecule has 2 N–H and O–H groups in total. The maximum Gasteiger partial charge on any atom is 0.254 e. The third kappa shape index (κ3) is 3.03. The van der Waals surface area contributed by atoms with Crippen LogP contribution in [0.15, 0.2) is 36.4 Å². The molecule has 120 valence electrons. The monoisotopic (exact) mass is 321 g/mol. The summed E-state index contributed by atoms with van der Waals surface area (Å²) >= 11 is 0. The number of halogens is 2. The molecule has 0 aliphatic carbocycles. The van der Waals surface area contributed by atoms with E-state index < -0.39 is 29.2 Å². The number of hydrogen-bond acceptors (Lipinski definition) is 4. The summed E-state index contributed by atoms with van der Waals surface area (Å²) in [6, 6.07) is 9.14. The van der Waals surface area contributed by atoms with Crippen LogP contribution >= 0.6 is 0 Å². The minimum atomic E-state index is -1.20. The van der Waals surface area contributed by atoms with Gasteiger partial charge < -0.3 is 19.9 Å². The lowest BCUT2D eigenvalue weighted by Gasteiger charge is -2.26. The number of ether oxygens (including phenoxy) is 3. The molecule has 0 radical (unpaired) electrons. The summed E-state index contributed by atoms with van der Waals surface area (Å²) in [4.78, 5) is 11.1. The van der Waals surface area contributed by atoms with Crippen LogP contribution in [-0.2, 0) is 0 Å². The van der Waals surface area contributed by atoms with E-state index in [0.717, 1.165) is 12.1 Å². The summed E-state index contributed by atoms with van der Waals surface area (Å²) in [6.45, 7) is 0.192. The van der Waals surface area contributed by atoms with E-state index in [9.17, 15) is 13.6 Å². The Morgan fingerprint density at radius 2 is 1.96 bits per heavy atom. The first-order valence-electron chi connectivity index (χ1n) is 6.85. The lowest BCUT2D eigenvalue weighted by atomic mass is 10.1. The van der Waals surface area contributed by atoms with E-state index in [-0.39, 0.29) is 19.0 Å². The number of carbonyl (C=O) groups is 1. The highest BCUT2D eigenvalue weighted by Gasteiger charge is 2.23. The lowest BCUT2D eigenvalue weighted by molar-refractivity contribution is 0.0522. The SMILES string of the molecule is NC(=O)c1c(F)ccc(OCC2COc3ccccc3O2)c1F. The molecule has 1 heterocycles. The molecule has 1 atom stereocenters. The van der Waals surface area contributed by atoms with Crippen molar-refractivity contribution in [3.05, 3.63) is 53.6 Å². The van der Waals surface area contributed by atoms with Crippen molar-refractivity contribution < 1.29 is 27.8 Å². The van der Waals surface area contributed by atoms with Gasteiger partial charge in [-0.1, -0.05) is 12.1 Å². The van der Waals surface area contributed by atoms with E-state index in [1.54, 1.807) is 18.2 Å². The van der Waals surface area contributed by atoms with E-state index >= 15 is 0 Å². The molecule has 1 amide bonds. The minimum absolute atomic E-state index is 0.0327. The Balaban J connectivity index is 1.70. The Labute approximate surface area is 130 Å². The standard InChI is InChI=1S/C16H13F2NO4/c17-10-5-6-13(15(18)14(10)16(19)20)22-8-9-7-21-11-3-1-2-4-12(11)23-9/h1-6,9H,7-8H2,(H2,19,20). The van der Waals surface area contributed by atoms with Gasteiger partial charge in [0, 0.05) is 0 Å². The zero-order valence-electron chi connectivity index (χ0n) is 11.9. The van der Waals surface area contributed by atoms with E-state index in [0.29, 0.717) is 11.5 Å². The van der Waals surface area contributed by atoms with Crippen LogP contribution in [0.3, 0.4) is 0 Å². The van der Waals surface area contributed by atoms with E-state index in [2.05, 4.69) is 0 Å². The fraction of sp³-hybridized carbons (Fsp3) is 0.188. The average Bonchev–Trinajstić information content (AvgIpc) is 2.53. The minimum Gasteiger partial charge on any atom is -0.486 e. The van der Waals surface area contributed by atoms with Gasteiger partial charge in [-0.25, -0.2) is 8.78 Å². The van der Waals surface area contributed by atoms with Gasteiger partial charge in [0.05, 0.1) is 0 Å². The fourth-order valence-electron chi connectivity index (χ4n) is 2.20. The van der Waals surface area contributed by atoms with E-state index in [4.69, 9.17) is 19.9 Å². The van der Waals surface area contributed by atoms with Gasteiger partial charge in [0.25, 0.3) is 5.91 Å². The second-order valence-electron chi connectivity index (χ2n) is 4.91. The van der Waals surface area contributed by atoms with Crippen LogP contribution < -0.4 is 19.9 Å². The van der Waals surface area contributed by atoms with Crippen LogP contribution in [0.2, 0.25) is 0 Å². The van der Waals surface area contributed by atoms with Crippen molar-refractivity contribution in [2.45, 2.75) is 6.10 Å². The zero-order chi connectivity index (χ0) is 16.4. The summed E-state index contributed by atoms with van der Waals surface area (Å²) in [5.74, 6) is -2.46. The first kappa shape index (κ1) is 15.1. The van der Waals surface area contributed by atoms with Crippen molar-refractivity contribution in [2.24, 2.45) is 5.73 Å². The molecule has 0 spiro atoms. The van der Waals surface area contributed by atoms with Crippen molar-refractivity contribution in [3.63, 3.8) is 0 Å². The predicted octanol–water partition coefficient (Wildman–Crippen LogP) is 2.28. The summed E-state index contributed by atoms with van der Waals surface area (Å²) in [7, 11) is 0. The molecule has 1 aliphatic rings. The largest absolute Gasteiger partial charge is 0.486 e. The number of benzene rings is 2. The van der Waals surface area contributed by atoms with Gasteiger partial charge >= 0.3 is 0 Å².